The van der Waals surface area contributed by atoms with E-state index in [0.29, 0.717) is 6.42 Å². The van der Waals surface area contributed by atoms with Gasteiger partial charge in [-0.05, 0) is 19.1 Å². The third-order valence-electron chi connectivity index (χ3n) is 3.42. The molecule has 1 saturated heterocycles. The minimum atomic E-state index is -1.55. The lowest BCUT2D eigenvalue weighted by atomic mass is 10.0. The summed E-state index contributed by atoms with van der Waals surface area (Å²) in [5.41, 5.74) is 3.53. The molecule has 3 atom stereocenters. The molecule has 1 aliphatic heterocycles. The van der Waals surface area contributed by atoms with E-state index in [4.69, 9.17) is 4.74 Å². The van der Waals surface area contributed by atoms with Crippen LogP contribution in [-0.4, -0.2) is 42.0 Å². The van der Waals surface area contributed by atoms with E-state index < -0.39 is 20.0 Å². The van der Waals surface area contributed by atoms with Crippen LogP contribution in [0.5, 0.6) is 0 Å². The van der Waals surface area contributed by atoms with Crippen LogP contribution in [0.2, 0.25) is 19.6 Å². The molecule has 1 aromatic carbocycles. The summed E-state index contributed by atoms with van der Waals surface area (Å²) in [5.74, 6) is 3.11. The van der Waals surface area contributed by atoms with Crippen molar-refractivity contribution in [2.45, 2.75) is 55.0 Å². The Bertz CT molecular complexity index is 570. The maximum Gasteiger partial charge on any atom is 0.169 e. The minimum absolute atomic E-state index is 0.120. The molecule has 0 spiro atoms. The van der Waals surface area contributed by atoms with E-state index in [0.717, 1.165) is 4.90 Å². The number of aliphatic hydroxyl groups is 2. The van der Waals surface area contributed by atoms with Gasteiger partial charge in [-0.15, -0.1) is 17.3 Å². The number of rotatable bonds is 3. The molecule has 1 heterocycles. The van der Waals surface area contributed by atoms with Crippen LogP contribution in [0.4, 0.5) is 0 Å². The van der Waals surface area contributed by atoms with Crippen molar-refractivity contribution in [3.05, 3.63) is 29.8 Å². The Morgan fingerprint density at radius 1 is 1.32 bits per heavy atom. The fourth-order valence-electron chi connectivity index (χ4n) is 2.20. The van der Waals surface area contributed by atoms with Gasteiger partial charge in [-0.3, -0.25) is 0 Å². The highest BCUT2D eigenvalue weighted by Gasteiger charge is 2.45. The van der Waals surface area contributed by atoms with E-state index in [1.54, 1.807) is 11.8 Å². The molecule has 22 heavy (non-hydrogen) atoms. The summed E-state index contributed by atoms with van der Waals surface area (Å²) in [6.45, 7) is 8.30. The first-order chi connectivity index (χ1) is 10.2. The first-order valence-electron chi connectivity index (χ1n) is 7.47. The van der Waals surface area contributed by atoms with E-state index in [1.165, 1.54) is 5.56 Å². The van der Waals surface area contributed by atoms with Gasteiger partial charge >= 0.3 is 0 Å². The Hall–Kier alpha value is -0.773. The van der Waals surface area contributed by atoms with Crippen molar-refractivity contribution in [2.24, 2.45) is 0 Å². The Balaban J connectivity index is 2.12. The Kier molecular flexibility index (Phi) is 5.41. The summed E-state index contributed by atoms with van der Waals surface area (Å²) in [5, 5.41) is 19.8. The van der Waals surface area contributed by atoms with E-state index in [2.05, 4.69) is 43.2 Å². The molecule has 0 radical (unpaired) electrons. The lowest BCUT2D eigenvalue weighted by Gasteiger charge is -2.20. The quantitative estimate of drug-likeness (QED) is 0.658. The molecular weight excluding hydrogens is 312 g/mol. The highest BCUT2D eigenvalue weighted by Crippen LogP contribution is 2.39. The molecule has 1 fully saturated rings. The third-order valence-corrected chi connectivity index (χ3v) is 5.55. The lowest BCUT2D eigenvalue weighted by molar-refractivity contribution is -0.126. The van der Waals surface area contributed by atoms with Crippen LogP contribution in [0.25, 0.3) is 0 Å². The topological polar surface area (TPSA) is 49.7 Å². The summed E-state index contributed by atoms with van der Waals surface area (Å²) in [6, 6.07) is 8.18. The molecule has 0 aliphatic carbocycles. The van der Waals surface area contributed by atoms with Gasteiger partial charge in [0.25, 0.3) is 0 Å². The highest BCUT2D eigenvalue weighted by atomic mass is 32.2. The molecule has 3 nitrogen and oxygen atoms in total. The number of benzene rings is 1. The zero-order chi connectivity index (χ0) is 16.4. The zero-order valence-corrected chi connectivity index (χ0v) is 15.4. The number of aliphatic hydroxyl groups excluding tert-OH is 2. The maximum absolute atomic E-state index is 10.2. The van der Waals surface area contributed by atoms with Gasteiger partial charge in [0.15, 0.2) is 11.9 Å². The van der Waals surface area contributed by atoms with Crippen molar-refractivity contribution < 1.29 is 14.9 Å². The molecular formula is C17H24O3SSi. The van der Waals surface area contributed by atoms with Crippen LogP contribution in [0, 0.1) is 18.4 Å². The van der Waals surface area contributed by atoms with Crippen LogP contribution in [0.15, 0.2) is 29.2 Å². The molecule has 1 aliphatic rings. The SMILES string of the molecule is Cc1ccc(S[C@@H]2C[C@@](C#C[Si](C)(C)C)(CO)OC2O)cc1. The molecule has 0 saturated carbocycles. The van der Waals surface area contributed by atoms with Crippen LogP contribution in [-0.2, 0) is 4.74 Å². The largest absolute Gasteiger partial charge is 0.392 e. The van der Waals surface area contributed by atoms with E-state index in [1.807, 2.05) is 19.1 Å². The number of hydrogen-bond acceptors (Lipinski definition) is 4. The first-order valence-corrected chi connectivity index (χ1v) is 11.9. The zero-order valence-electron chi connectivity index (χ0n) is 13.6. The second kappa shape index (κ2) is 6.77. The van der Waals surface area contributed by atoms with Crippen LogP contribution in [0.3, 0.4) is 0 Å². The van der Waals surface area contributed by atoms with Gasteiger partial charge in [-0.2, -0.15) is 0 Å². The monoisotopic (exact) mass is 336 g/mol. The normalized spacial score (nSPS) is 28.3. The van der Waals surface area contributed by atoms with Crippen molar-refractivity contribution in [1.82, 2.24) is 0 Å². The van der Waals surface area contributed by atoms with Crippen molar-refractivity contribution >= 4 is 19.8 Å². The first kappa shape index (κ1) is 17.6. The van der Waals surface area contributed by atoms with Gasteiger partial charge in [0.1, 0.15) is 8.07 Å². The smallest absolute Gasteiger partial charge is 0.169 e. The van der Waals surface area contributed by atoms with Gasteiger partial charge < -0.3 is 14.9 Å². The highest BCUT2D eigenvalue weighted by molar-refractivity contribution is 8.00. The molecule has 2 rings (SSSR count). The summed E-state index contributed by atoms with van der Waals surface area (Å²) in [4.78, 5) is 1.09. The Morgan fingerprint density at radius 2 is 1.95 bits per heavy atom. The van der Waals surface area contributed by atoms with E-state index >= 15 is 0 Å². The summed E-state index contributed by atoms with van der Waals surface area (Å²) < 4.78 is 5.64. The Labute approximate surface area is 138 Å². The van der Waals surface area contributed by atoms with Gasteiger partial charge in [0.2, 0.25) is 0 Å². The fraction of sp³-hybridized carbons (Fsp3) is 0.529. The van der Waals surface area contributed by atoms with Crippen molar-refractivity contribution in [3.63, 3.8) is 0 Å². The second-order valence-corrected chi connectivity index (χ2v) is 12.9. The van der Waals surface area contributed by atoms with Gasteiger partial charge in [0, 0.05) is 11.3 Å². The Morgan fingerprint density at radius 3 is 2.50 bits per heavy atom. The molecule has 0 aromatic heterocycles. The lowest BCUT2D eigenvalue weighted by Crippen LogP contribution is -2.33. The predicted octanol–water partition coefficient (Wildman–Crippen LogP) is 2.81. The average Bonchev–Trinajstić information content (AvgIpc) is 2.76. The fourth-order valence-corrected chi connectivity index (χ4v) is 3.97. The van der Waals surface area contributed by atoms with Crippen molar-refractivity contribution in [2.75, 3.05) is 6.61 Å². The standard InChI is InChI=1S/C17H24O3SSi/c1-13-5-7-14(8-6-13)21-15-11-17(12-18,20-16(15)19)9-10-22(2,3)4/h5-8,15-16,18-19H,11-12H2,1-4H3/t15-,16?,17+/m1/s1. The van der Waals surface area contributed by atoms with Crippen LogP contribution in [0.1, 0.15) is 12.0 Å². The van der Waals surface area contributed by atoms with Crippen molar-refractivity contribution in [3.8, 4) is 11.5 Å². The van der Waals surface area contributed by atoms with Gasteiger partial charge in [-0.25, -0.2) is 0 Å². The number of hydrogen-bond donors (Lipinski definition) is 2. The van der Waals surface area contributed by atoms with E-state index in [-0.39, 0.29) is 11.9 Å². The summed E-state index contributed by atoms with van der Waals surface area (Å²) in [7, 11) is -1.55. The second-order valence-electron chi connectivity index (χ2n) is 6.83. The molecule has 120 valence electrons. The molecule has 5 heteroatoms. The van der Waals surface area contributed by atoms with E-state index in [9.17, 15) is 10.2 Å². The molecule has 0 bridgehead atoms. The van der Waals surface area contributed by atoms with Crippen molar-refractivity contribution in [1.29, 1.82) is 0 Å². The van der Waals surface area contributed by atoms with Crippen LogP contribution >= 0.6 is 11.8 Å². The molecule has 1 aromatic rings. The third kappa shape index (κ3) is 4.61. The summed E-state index contributed by atoms with van der Waals surface area (Å²) >= 11 is 1.58. The minimum Gasteiger partial charge on any atom is -0.392 e. The summed E-state index contributed by atoms with van der Waals surface area (Å²) in [6.07, 6.45) is -0.380. The average molecular weight is 337 g/mol. The molecule has 0 amide bonds. The van der Waals surface area contributed by atoms with Gasteiger partial charge in [-0.1, -0.05) is 43.3 Å². The maximum atomic E-state index is 10.2. The molecule has 1 unspecified atom stereocenters. The number of ether oxygens (including phenoxy) is 1. The number of aryl methyl sites for hydroxylation is 1. The predicted molar refractivity (Wildman–Crippen MR) is 93.5 cm³/mol. The molecule has 2 N–H and O–H groups in total. The number of thioether (sulfide) groups is 1. The van der Waals surface area contributed by atoms with Gasteiger partial charge in [0.05, 0.1) is 11.9 Å². The van der Waals surface area contributed by atoms with Crippen LogP contribution < -0.4 is 0 Å².